The van der Waals surface area contributed by atoms with Gasteiger partial charge in [0.2, 0.25) is 0 Å². The van der Waals surface area contributed by atoms with Gasteiger partial charge in [-0.15, -0.1) is 0 Å². The Morgan fingerprint density at radius 1 is 1.21 bits per heavy atom. The molecule has 1 aromatic rings. The number of halogens is 3. The van der Waals surface area contributed by atoms with Crippen LogP contribution in [0.15, 0.2) is 24.3 Å². The first-order valence-corrected chi connectivity index (χ1v) is 10.4. The van der Waals surface area contributed by atoms with Gasteiger partial charge in [0.25, 0.3) is 0 Å². The van der Waals surface area contributed by atoms with Crippen LogP contribution in [-0.2, 0) is 16.0 Å². The fourth-order valence-corrected chi connectivity index (χ4v) is 2.93. The van der Waals surface area contributed by atoms with Crippen molar-refractivity contribution in [2.45, 2.75) is 69.8 Å². The number of aldehydes is 1. The van der Waals surface area contributed by atoms with Gasteiger partial charge in [-0.05, 0) is 57.7 Å². The number of aryl methyl sites for hydroxylation is 1. The zero-order chi connectivity index (χ0) is 22.3. The van der Waals surface area contributed by atoms with Crippen molar-refractivity contribution < 1.29 is 27.4 Å². The van der Waals surface area contributed by atoms with Gasteiger partial charge in [0.05, 0.1) is 6.61 Å². The van der Waals surface area contributed by atoms with Crippen LogP contribution in [0.3, 0.4) is 0 Å². The van der Waals surface area contributed by atoms with Crippen molar-refractivity contribution in [1.82, 2.24) is 4.72 Å². The lowest BCUT2D eigenvalue weighted by Crippen LogP contribution is -2.28. The maximum Gasteiger partial charge on any atom is 0.389 e. The second kappa shape index (κ2) is 14.7. The zero-order valence-corrected chi connectivity index (χ0v) is 18.8. The molecule has 0 fully saturated rings. The fraction of sp³-hybridized carbons (Fsp3) is 0.667. The van der Waals surface area contributed by atoms with Crippen LogP contribution >= 0.6 is 11.9 Å². The molecule has 0 aromatic heterocycles. The molecule has 4 nitrogen and oxygen atoms in total. The van der Waals surface area contributed by atoms with Gasteiger partial charge in [0, 0.05) is 37.9 Å². The van der Waals surface area contributed by atoms with E-state index in [9.17, 15) is 18.0 Å². The molecule has 0 heterocycles. The lowest BCUT2D eigenvalue weighted by Gasteiger charge is -2.23. The molecule has 1 rings (SSSR count). The van der Waals surface area contributed by atoms with Gasteiger partial charge in [-0.25, -0.2) is 0 Å². The molecule has 0 radical (unpaired) electrons. The van der Waals surface area contributed by atoms with Crippen molar-refractivity contribution in [2.24, 2.45) is 0 Å². The summed E-state index contributed by atoms with van der Waals surface area (Å²) in [5.41, 5.74) is 1.04. The van der Waals surface area contributed by atoms with Crippen molar-refractivity contribution in [3.63, 3.8) is 0 Å². The summed E-state index contributed by atoms with van der Waals surface area (Å²) in [6.07, 6.45) is -2.12. The summed E-state index contributed by atoms with van der Waals surface area (Å²) in [6.45, 7) is 6.34. The number of carbonyl (C=O) groups excluding carboxylic acids is 1. The van der Waals surface area contributed by atoms with Gasteiger partial charge in [-0.3, -0.25) is 4.72 Å². The van der Waals surface area contributed by atoms with Gasteiger partial charge in [0.15, 0.2) is 0 Å². The predicted octanol–water partition coefficient (Wildman–Crippen LogP) is 5.60. The van der Waals surface area contributed by atoms with Crippen molar-refractivity contribution >= 4 is 18.2 Å². The third kappa shape index (κ3) is 17.3. The lowest BCUT2D eigenvalue weighted by atomic mass is 10.0. The van der Waals surface area contributed by atoms with E-state index >= 15 is 0 Å². The Hall–Kier alpha value is -1.25. The molecule has 8 heteroatoms. The second-order valence-electron chi connectivity index (χ2n) is 7.59. The Kier molecular flexibility index (Phi) is 14.1. The molecule has 0 aliphatic carbocycles. The number of hydrogen-bond acceptors (Lipinski definition) is 5. The molecular formula is C21H34F3NO3S. The Labute approximate surface area is 177 Å². The van der Waals surface area contributed by atoms with Gasteiger partial charge in [0.1, 0.15) is 12.0 Å². The van der Waals surface area contributed by atoms with Crippen LogP contribution in [0, 0.1) is 0 Å². The van der Waals surface area contributed by atoms with Crippen LogP contribution in [0.1, 0.15) is 52.0 Å². The Bertz CT molecular complexity index is 563. The average molecular weight is 438 g/mol. The number of methoxy groups -OCH3 is 1. The van der Waals surface area contributed by atoms with Gasteiger partial charge in [-0.1, -0.05) is 24.1 Å². The summed E-state index contributed by atoms with van der Waals surface area (Å²) in [4.78, 5) is 10.9. The van der Waals surface area contributed by atoms with E-state index in [0.29, 0.717) is 12.2 Å². The normalized spacial score (nSPS) is 12.7. The van der Waals surface area contributed by atoms with E-state index < -0.39 is 12.6 Å². The molecule has 1 atom stereocenters. The Morgan fingerprint density at radius 3 is 2.41 bits per heavy atom. The lowest BCUT2D eigenvalue weighted by molar-refractivity contribution is -0.136. The van der Waals surface area contributed by atoms with E-state index in [0.717, 1.165) is 24.7 Å². The molecule has 0 aliphatic rings. The molecule has 0 spiro atoms. The largest absolute Gasteiger partial charge is 0.494 e. The number of rotatable bonds is 11. The van der Waals surface area contributed by atoms with Crippen LogP contribution in [0.5, 0.6) is 5.75 Å². The summed E-state index contributed by atoms with van der Waals surface area (Å²) < 4.78 is 49.5. The molecule has 168 valence electrons. The molecule has 0 saturated heterocycles. The summed E-state index contributed by atoms with van der Waals surface area (Å²) in [6, 6.07) is 7.46. The molecule has 0 unspecified atom stereocenters. The maximum atomic E-state index is 12.1. The van der Waals surface area contributed by atoms with E-state index in [1.165, 1.54) is 0 Å². The van der Waals surface area contributed by atoms with Crippen LogP contribution in [-0.4, -0.2) is 44.1 Å². The van der Waals surface area contributed by atoms with E-state index in [2.05, 4.69) is 30.2 Å². The highest BCUT2D eigenvalue weighted by Crippen LogP contribution is 2.23. The monoisotopic (exact) mass is 437 g/mol. The molecule has 0 amide bonds. The zero-order valence-electron chi connectivity index (χ0n) is 18.0. The first-order valence-electron chi connectivity index (χ1n) is 9.56. The summed E-state index contributed by atoms with van der Waals surface area (Å²) in [7, 11) is 3.25. The highest BCUT2D eigenvalue weighted by atomic mass is 32.2. The number of nitrogens with one attached hydrogen (secondary N) is 1. The predicted molar refractivity (Wildman–Crippen MR) is 113 cm³/mol. The molecule has 1 N–H and O–H groups in total. The quantitative estimate of drug-likeness (QED) is 0.278. The maximum absolute atomic E-state index is 12.1. The summed E-state index contributed by atoms with van der Waals surface area (Å²) in [5, 5.41) is 0. The van der Waals surface area contributed by atoms with Crippen LogP contribution in [0.25, 0.3) is 0 Å². The van der Waals surface area contributed by atoms with Gasteiger partial charge < -0.3 is 14.3 Å². The molecular weight excluding hydrogens is 403 g/mol. The number of hydrogen-bond donors (Lipinski definition) is 1. The van der Waals surface area contributed by atoms with Crippen molar-refractivity contribution in [3.05, 3.63) is 29.8 Å². The van der Waals surface area contributed by atoms with Gasteiger partial charge >= 0.3 is 6.18 Å². The highest BCUT2D eigenvalue weighted by molar-refractivity contribution is 7.98. The van der Waals surface area contributed by atoms with Crippen LogP contribution in [0.4, 0.5) is 13.2 Å². The van der Waals surface area contributed by atoms with Gasteiger partial charge in [-0.2, -0.15) is 13.2 Å². The minimum atomic E-state index is -4.14. The number of benzene rings is 1. The SMILES string of the molecule is CC(C)(C)SN[C@H](CC=O)CCc1cccc(OCCCC(F)(F)F)c1.COC. The average Bonchev–Trinajstić information content (AvgIpc) is 2.61. The smallest absolute Gasteiger partial charge is 0.389 e. The first kappa shape index (κ1) is 27.8. The van der Waals surface area contributed by atoms with Crippen molar-refractivity contribution in [2.75, 3.05) is 20.8 Å². The minimum absolute atomic E-state index is 0.0422. The van der Waals surface area contributed by atoms with Crippen molar-refractivity contribution in [3.8, 4) is 5.75 Å². The number of alkyl halides is 3. The van der Waals surface area contributed by atoms with Crippen LogP contribution < -0.4 is 9.46 Å². The van der Waals surface area contributed by atoms with E-state index in [4.69, 9.17) is 4.74 Å². The number of carbonyl (C=O) groups is 1. The first-order chi connectivity index (χ1) is 13.5. The molecule has 0 bridgehead atoms. The molecule has 0 aliphatic heterocycles. The summed E-state index contributed by atoms with van der Waals surface area (Å²) >= 11 is 1.61. The highest BCUT2D eigenvalue weighted by Gasteiger charge is 2.26. The van der Waals surface area contributed by atoms with E-state index in [1.807, 2.05) is 18.2 Å². The second-order valence-corrected chi connectivity index (χ2v) is 9.26. The van der Waals surface area contributed by atoms with E-state index in [-0.39, 0.29) is 23.8 Å². The fourth-order valence-electron chi connectivity index (χ4n) is 2.20. The Morgan fingerprint density at radius 2 is 1.86 bits per heavy atom. The molecule has 1 aromatic carbocycles. The molecule has 29 heavy (non-hydrogen) atoms. The summed E-state index contributed by atoms with van der Waals surface area (Å²) in [5.74, 6) is 0.577. The standard InChI is InChI=1S/C19H28F3NO2S.C2H6O/c1-18(2,3)26-23-16(10-12-24)9-8-15-6-4-7-17(14-15)25-13-5-11-19(20,21)22;1-3-2/h4,6-7,12,14,16,23H,5,8-11,13H2,1-3H3;1-2H3/t16-;/m0./s1. The third-order valence-corrected chi connectivity index (χ3v) is 4.53. The van der Waals surface area contributed by atoms with E-state index in [1.54, 1.807) is 32.2 Å². The molecule has 0 saturated carbocycles. The number of ether oxygens (including phenoxy) is 2. The van der Waals surface area contributed by atoms with Crippen LogP contribution in [0.2, 0.25) is 0 Å². The van der Waals surface area contributed by atoms with Crippen molar-refractivity contribution in [1.29, 1.82) is 0 Å². The minimum Gasteiger partial charge on any atom is -0.494 e. The topological polar surface area (TPSA) is 47.6 Å². The third-order valence-electron chi connectivity index (χ3n) is 3.47. The Balaban J connectivity index is 0.00000245.